The van der Waals surface area contributed by atoms with Gasteiger partial charge in [-0.2, -0.15) is 0 Å². The van der Waals surface area contributed by atoms with Gasteiger partial charge in [-0.15, -0.1) is 17.9 Å². The van der Waals surface area contributed by atoms with Gasteiger partial charge in [-0.1, -0.05) is 12.5 Å². The molecule has 1 atom stereocenters. The van der Waals surface area contributed by atoms with E-state index in [1.165, 1.54) is 10.5 Å². The molecule has 0 saturated carbocycles. The molecule has 0 radical (unpaired) electrons. The van der Waals surface area contributed by atoms with Gasteiger partial charge in [-0.3, -0.25) is 0 Å². The molecule has 1 aromatic heterocycles. The standard InChI is InChI=1S/C12H17Br2NS/c1-4-5-15-10(6-8(2)3)11-7-9(13)12(14)16-11/h7,10,15H,2,4-6H2,1,3H3. The average Bonchev–Trinajstić information content (AvgIpc) is 2.53. The molecule has 0 saturated heterocycles. The molecule has 0 aromatic carbocycles. The first-order chi connectivity index (χ1) is 7.54. The van der Waals surface area contributed by atoms with E-state index in [0.717, 1.165) is 27.6 Å². The number of hydrogen-bond donors (Lipinski definition) is 1. The highest BCUT2D eigenvalue weighted by Crippen LogP contribution is 2.37. The average molecular weight is 367 g/mol. The fourth-order valence-corrected chi connectivity index (χ4v) is 3.64. The van der Waals surface area contributed by atoms with Crippen molar-refractivity contribution >= 4 is 43.2 Å². The number of rotatable bonds is 6. The zero-order valence-corrected chi connectivity index (χ0v) is 13.6. The van der Waals surface area contributed by atoms with Crippen molar-refractivity contribution < 1.29 is 0 Å². The molecule has 16 heavy (non-hydrogen) atoms. The molecule has 0 aliphatic rings. The fourth-order valence-electron chi connectivity index (χ4n) is 1.48. The summed E-state index contributed by atoms with van der Waals surface area (Å²) in [5, 5.41) is 3.57. The highest BCUT2D eigenvalue weighted by molar-refractivity contribution is 9.13. The van der Waals surface area contributed by atoms with Crippen molar-refractivity contribution in [2.75, 3.05) is 6.54 Å². The zero-order chi connectivity index (χ0) is 12.1. The van der Waals surface area contributed by atoms with Crippen molar-refractivity contribution in [1.82, 2.24) is 5.32 Å². The Kier molecular flexibility index (Phi) is 6.26. The van der Waals surface area contributed by atoms with Gasteiger partial charge in [0.2, 0.25) is 0 Å². The van der Waals surface area contributed by atoms with Crippen molar-refractivity contribution in [3.05, 3.63) is 31.4 Å². The van der Waals surface area contributed by atoms with E-state index in [1.807, 2.05) is 0 Å². The molecule has 4 heteroatoms. The minimum atomic E-state index is 0.394. The van der Waals surface area contributed by atoms with Crippen molar-refractivity contribution in [3.8, 4) is 0 Å². The maximum Gasteiger partial charge on any atom is 0.0843 e. The first-order valence-electron chi connectivity index (χ1n) is 5.37. The lowest BCUT2D eigenvalue weighted by atomic mass is 10.1. The van der Waals surface area contributed by atoms with Gasteiger partial charge in [0.1, 0.15) is 0 Å². The Morgan fingerprint density at radius 3 is 2.69 bits per heavy atom. The molecule has 1 N–H and O–H groups in total. The molecule has 0 fully saturated rings. The summed E-state index contributed by atoms with van der Waals surface area (Å²) in [6.07, 6.45) is 2.15. The summed E-state index contributed by atoms with van der Waals surface area (Å²) in [7, 11) is 0. The molecular formula is C12H17Br2NS. The third-order valence-corrected chi connectivity index (χ3v) is 5.57. The molecule has 0 aliphatic carbocycles. The van der Waals surface area contributed by atoms with Crippen LogP contribution in [0.4, 0.5) is 0 Å². The molecule has 1 rings (SSSR count). The summed E-state index contributed by atoms with van der Waals surface area (Å²) in [5.41, 5.74) is 1.22. The first-order valence-corrected chi connectivity index (χ1v) is 7.77. The second-order valence-corrected chi connectivity index (χ2v) is 7.19. The van der Waals surface area contributed by atoms with Gasteiger partial charge in [0.25, 0.3) is 0 Å². The van der Waals surface area contributed by atoms with Gasteiger partial charge in [0.05, 0.1) is 3.79 Å². The fraction of sp³-hybridized carbons (Fsp3) is 0.500. The van der Waals surface area contributed by atoms with Crippen LogP contribution in [0.1, 0.15) is 37.6 Å². The second kappa shape index (κ2) is 6.94. The van der Waals surface area contributed by atoms with Crippen LogP contribution < -0.4 is 5.32 Å². The van der Waals surface area contributed by atoms with E-state index in [1.54, 1.807) is 11.3 Å². The van der Waals surface area contributed by atoms with Gasteiger partial charge >= 0.3 is 0 Å². The zero-order valence-electron chi connectivity index (χ0n) is 9.65. The molecule has 90 valence electrons. The molecule has 1 nitrogen and oxygen atoms in total. The van der Waals surface area contributed by atoms with E-state index >= 15 is 0 Å². The van der Waals surface area contributed by atoms with Crippen LogP contribution in [0.15, 0.2) is 26.5 Å². The molecule has 1 aromatic rings. The smallest absolute Gasteiger partial charge is 0.0843 e. The predicted octanol–water partition coefficient (Wildman–Crippen LogP) is 5.28. The van der Waals surface area contributed by atoms with Crippen LogP contribution in [0.25, 0.3) is 0 Å². The Balaban J connectivity index is 2.78. The lowest BCUT2D eigenvalue weighted by molar-refractivity contribution is 0.535. The molecular weight excluding hydrogens is 350 g/mol. The Hall–Kier alpha value is 0.360. The third kappa shape index (κ3) is 4.32. The van der Waals surface area contributed by atoms with E-state index in [0.29, 0.717) is 6.04 Å². The molecule has 0 bridgehead atoms. The van der Waals surface area contributed by atoms with Crippen molar-refractivity contribution in [2.45, 2.75) is 32.7 Å². The monoisotopic (exact) mass is 365 g/mol. The van der Waals surface area contributed by atoms with Gasteiger partial charge in [-0.25, -0.2) is 0 Å². The van der Waals surface area contributed by atoms with Gasteiger partial charge in [0, 0.05) is 15.4 Å². The van der Waals surface area contributed by atoms with Crippen LogP contribution in [-0.2, 0) is 0 Å². The Morgan fingerprint density at radius 2 is 2.25 bits per heavy atom. The summed E-state index contributed by atoms with van der Waals surface area (Å²) in [6, 6.07) is 2.58. The largest absolute Gasteiger partial charge is 0.309 e. The van der Waals surface area contributed by atoms with Crippen LogP contribution in [0.5, 0.6) is 0 Å². The van der Waals surface area contributed by atoms with E-state index < -0.39 is 0 Å². The van der Waals surface area contributed by atoms with Crippen LogP contribution in [0.3, 0.4) is 0 Å². The Morgan fingerprint density at radius 1 is 1.56 bits per heavy atom. The molecule has 0 aliphatic heterocycles. The Bertz CT molecular complexity index is 340. The van der Waals surface area contributed by atoms with Crippen LogP contribution >= 0.6 is 43.2 Å². The van der Waals surface area contributed by atoms with Gasteiger partial charge in [-0.05, 0) is 64.2 Å². The number of hydrogen-bond acceptors (Lipinski definition) is 2. The van der Waals surface area contributed by atoms with E-state index in [9.17, 15) is 0 Å². The van der Waals surface area contributed by atoms with Crippen molar-refractivity contribution in [2.24, 2.45) is 0 Å². The lowest BCUT2D eigenvalue weighted by Crippen LogP contribution is -2.21. The van der Waals surface area contributed by atoms with Crippen LogP contribution in [-0.4, -0.2) is 6.54 Å². The van der Waals surface area contributed by atoms with E-state index in [4.69, 9.17) is 0 Å². The van der Waals surface area contributed by atoms with Crippen LogP contribution in [0, 0.1) is 0 Å². The third-order valence-electron chi connectivity index (χ3n) is 2.20. The lowest BCUT2D eigenvalue weighted by Gasteiger charge is -2.16. The summed E-state index contributed by atoms with van der Waals surface area (Å²) in [5.74, 6) is 0. The SMILES string of the molecule is C=C(C)CC(NCCC)c1cc(Br)c(Br)s1. The normalized spacial score (nSPS) is 12.8. The van der Waals surface area contributed by atoms with Crippen LogP contribution in [0.2, 0.25) is 0 Å². The summed E-state index contributed by atoms with van der Waals surface area (Å²) < 4.78 is 2.30. The number of nitrogens with one attached hydrogen (secondary N) is 1. The molecule has 0 spiro atoms. The highest BCUT2D eigenvalue weighted by Gasteiger charge is 2.15. The van der Waals surface area contributed by atoms with Gasteiger partial charge < -0.3 is 5.32 Å². The molecule has 0 amide bonds. The maximum atomic E-state index is 4.00. The number of halogens is 2. The second-order valence-electron chi connectivity index (χ2n) is 3.94. The van der Waals surface area contributed by atoms with Crippen molar-refractivity contribution in [3.63, 3.8) is 0 Å². The van der Waals surface area contributed by atoms with Crippen molar-refractivity contribution in [1.29, 1.82) is 0 Å². The summed E-state index contributed by atoms with van der Waals surface area (Å²) in [6.45, 7) is 9.31. The van der Waals surface area contributed by atoms with E-state index in [2.05, 4.69) is 63.7 Å². The highest BCUT2D eigenvalue weighted by atomic mass is 79.9. The first kappa shape index (κ1) is 14.4. The number of thiophene rings is 1. The Labute approximate surface area is 119 Å². The maximum absolute atomic E-state index is 4.00. The minimum Gasteiger partial charge on any atom is -0.309 e. The molecule has 1 unspecified atom stereocenters. The summed E-state index contributed by atoms with van der Waals surface area (Å²) in [4.78, 5) is 1.36. The predicted molar refractivity (Wildman–Crippen MR) is 80.2 cm³/mol. The van der Waals surface area contributed by atoms with E-state index in [-0.39, 0.29) is 0 Å². The molecule has 1 heterocycles. The topological polar surface area (TPSA) is 12.0 Å². The minimum absolute atomic E-state index is 0.394. The summed E-state index contributed by atoms with van der Waals surface area (Å²) >= 11 is 8.85. The van der Waals surface area contributed by atoms with Gasteiger partial charge in [0.15, 0.2) is 0 Å². The quantitative estimate of drug-likeness (QED) is 0.675.